The zero-order valence-corrected chi connectivity index (χ0v) is 5.84. The molecule has 0 spiro atoms. The van der Waals surface area contributed by atoms with Gasteiger partial charge in [-0.15, -0.1) is 23.2 Å². The van der Waals surface area contributed by atoms with Crippen molar-refractivity contribution in [2.24, 2.45) is 0 Å². The van der Waals surface area contributed by atoms with E-state index in [1.54, 1.807) is 0 Å². The summed E-state index contributed by atoms with van der Waals surface area (Å²) < 4.78 is 16.9. The first-order valence-electron chi connectivity index (χ1n) is 1.94. The molecule has 7 heavy (non-hydrogen) atoms. The molecule has 0 heterocycles. The molecular formula is C2H5Cl2O2P. The van der Waals surface area contributed by atoms with Crippen molar-refractivity contribution in [2.75, 3.05) is 11.2 Å². The molecule has 0 amide bonds. The molecule has 0 aliphatic rings. The van der Waals surface area contributed by atoms with Gasteiger partial charge >= 0.3 is 0 Å². The third-order valence-corrected chi connectivity index (χ3v) is 3.28. The molecule has 0 aliphatic heterocycles. The molecule has 0 atom stereocenters. The Morgan fingerprint density at radius 1 is 1.71 bits per heavy atom. The molecule has 0 saturated heterocycles. The van der Waals surface area contributed by atoms with Gasteiger partial charge in [0.2, 0.25) is 8.80 Å². The van der Waals surface area contributed by atoms with Crippen LogP contribution in [-0.2, 0) is 4.57 Å². The Labute approximate surface area is 53.4 Å². The number of alkyl halides is 2. The summed E-state index contributed by atoms with van der Waals surface area (Å²) in [7, 11) is -2.96. The van der Waals surface area contributed by atoms with Crippen LogP contribution in [0.25, 0.3) is 0 Å². The summed E-state index contributed by atoms with van der Waals surface area (Å²) in [5.74, 6) is 0. The molecular weight excluding hydrogens is 158 g/mol. The van der Waals surface area contributed by atoms with Gasteiger partial charge in [0.1, 0.15) is 11.2 Å². The third-order valence-electron chi connectivity index (χ3n) is 0.364. The van der Waals surface area contributed by atoms with E-state index in [9.17, 15) is 4.57 Å². The number of halogens is 2. The van der Waals surface area contributed by atoms with Gasteiger partial charge in [0.15, 0.2) is 0 Å². The van der Waals surface area contributed by atoms with Crippen LogP contribution in [0.15, 0.2) is 0 Å². The Kier molecular flexibility index (Phi) is 2.47. The van der Waals surface area contributed by atoms with Gasteiger partial charge in [-0.2, -0.15) is 0 Å². The Balaban J connectivity index is 3.79. The van der Waals surface area contributed by atoms with Crippen LogP contribution in [0.5, 0.6) is 0 Å². The lowest BCUT2D eigenvalue weighted by Gasteiger charge is -1.98. The number of hydrogen-bond acceptors (Lipinski definition) is 2. The van der Waals surface area contributed by atoms with Crippen molar-refractivity contribution in [3.63, 3.8) is 0 Å². The van der Waals surface area contributed by atoms with E-state index in [0.29, 0.717) is 0 Å². The van der Waals surface area contributed by atoms with Gasteiger partial charge in [0.05, 0.1) is 0 Å². The highest BCUT2D eigenvalue weighted by Gasteiger charge is 2.12. The lowest BCUT2D eigenvalue weighted by atomic mass is 11.9. The summed E-state index contributed by atoms with van der Waals surface area (Å²) in [5, 5.41) is 0. The highest BCUT2D eigenvalue weighted by atomic mass is 35.5. The van der Waals surface area contributed by atoms with Crippen molar-refractivity contribution in [1.29, 1.82) is 1.43 Å². The van der Waals surface area contributed by atoms with Gasteiger partial charge in [-0.3, -0.25) is 4.57 Å². The quantitative estimate of drug-likeness (QED) is 0.508. The first kappa shape index (κ1) is 5.90. The monoisotopic (exact) mass is 163 g/mol. The van der Waals surface area contributed by atoms with Crippen LogP contribution >= 0.6 is 30.6 Å². The summed E-state index contributed by atoms with van der Waals surface area (Å²) in [5.41, 5.74) is -0.389. The summed E-state index contributed by atoms with van der Waals surface area (Å²) in [6.07, 6.45) is 0. The van der Waals surface area contributed by atoms with Gasteiger partial charge in [0.25, 0.3) is 0 Å². The molecule has 1 N–H and O–H groups in total. The average molecular weight is 164 g/mol. The molecule has 0 aromatic carbocycles. The van der Waals surface area contributed by atoms with Gasteiger partial charge in [-0.1, -0.05) is 0 Å². The largest absolute Gasteiger partial charge is 0.343 e. The lowest BCUT2D eigenvalue weighted by Crippen LogP contribution is -1.79. The van der Waals surface area contributed by atoms with Crippen molar-refractivity contribution >= 4 is 30.6 Å². The van der Waals surface area contributed by atoms with Crippen molar-refractivity contribution in [1.82, 2.24) is 0 Å². The second-order valence-corrected chi connectivity index (χ2v) is 4.60. The second-order valence-electron chi connectivity index (χ2n) is 1.05. The Morgan fingerprint density at radius 2 is 2.14 bits per heavy atom. The zero-order valence-electron chi connectivity index (χ0n) is 4.43. The van der Waals surface area contributed by atoms with Crippen LogP contribution in [0.3, 0.4) is 0 Å². The van der Waals surface area contributed by atoms with E-state index in [0.717, 1.165) is 0 Å². The van der Waals surface area contributed by atoms with Gasteiger partial charge in [0, 0.05) is 0 Å². The molecule has 44 valence electrons. The predicted octanol–water partition coefficient (Wildman–Crippen LogP) is 1.65. The van der Waals surface area contributed by atoms with Crippen molar-refractivity contribution in [3.8, 4) is 0 Å². The summed E-state index contributed by atoms with van der Waals surface area (Å²) in [6, 6.07) is 0. The van der Waals surface area contributed by atoms with Gasteiger partial charge < -0.3 is 4.90 Å². The fourth-order valence-electron chi connectivity index (χ4n) is 0.0319. The maximum absolute atomic E-state index is 10.6. The van der Waals surface area contributed by atoms with Crippen LogP contribution in [0.4, 0.5) is 0 Å². The van der Waals surface area contributed by atoms with Crippen LogP contribution in [0.1, 0.15) is 0 Å². The maximum Gasteiger partial charge on any atom is 0.229 e. The first-order chi connectivity index (χ1) is 3.68. The zero-order chi connectivity index (χ0) is 6.62. The average Bonchev–Trinajstić information content (AvgIpc) is 1.87. The van der Waals surface area contributed by atoms with Gasteiger partial charge in [-0.05, 0) is 0 Å². The minimum absolute atomic E-state index is 0.194. The van der Waals surface area contributed by atoms with Crippen LogP contribution in [-0.4, -0.2) is 17.6 Å². The van der Waals surface area contributed by atoms with Crippen LogP contribution < -0.4 is 0 Å². The lowest BCUT2D eigenvalue weighted by molar-refractivity contribution is 0.488. The molecule has 0 rings (SSSR count). The van der Waals surface area contributed by atoms with E-state index >= 15 is 0 Å². The normalized spacial score (nSPS) is 13.7. The molecule has 0 bridgehead atoms. The van der Waals surface area contributed by atoms with E-state index < -0.39 is 7.37 Å². The Morgan fingerprint density at radius 3 is 2.14 bits per heavy atom. The van der Waals surface area contributed by atoms with E-state index in [1.807, 2.05) is 0 Å². The molecule has 0 aliphatic carbocycles. The van der Waals surface area contributed by atoms with Crippen molar-refractivity contribution < 1.29 is 9.46 Å². The minimum Gasteiger partial charge on any atom is -0.343 e. The highest BCUT2D eigenvalue weighted by Crippen LogP contribution is 2.41. The van der Waals surface area contributed by atoms with E-state index in [-0.39, 0.29) is 11.2 Å². The molecule has 0 saturated carbocycles. The third kappa shape index (κ3) is 3.36. The van der Waals surface area contributed by atoms with Gasteiger partial charge in [-0.25, -0.2) is 0 Å². The molecule has 0 unspecified atom stereocenters. The fraction of sp³-hybridized carbons (Fsp3) is 1.00. The molecule has 5 heteroatoms. The topological polar surface area (TPSA) is 37.3 Å². The predicted molar refractivity (Wildman–Crippen MR) is 31.3 cm³/mol. The van der Waals surface area contributed by atoms with E-state index in [4.69, 9.17) is 24.6 Å². The first-order valence-corrected chi connectivity index (χ1v) is 4.60. The highest BCUT2D eigenvalue weighted by molar-refractivity contribution is 7.61. The van der Waals surface area contributed by atoms with Crippen LogP contribution in [0, 0.1) is 0 Å². The summed E-state index contributed by atoms with van der Waals surface area (Å²) >= 11 is 10.2. The summed E-state index contributed by atoms with van der Waals surface area (Å²) in [6.45, 7) is 0. The van der Waals surface area contributed by atoms with Crippen LogP contribution in [0.2, 0.25) is 0 Å². The molecule has 2 nitrogen and oxygen atoms in total. The molecule has 0 radical (unpaired) electrons. The smallest absolute Gasteiger partial charge is 0.229 e. The van der Waals surface area contributed by atoms with Crippen molar-refractivity contribution in [2.45, 2.75) is 0 Å². The molecule has 0 aromatic rings. The molecule has 0 fully saturated rings. The molecule has 0 aromatic heterocycles. The standard InChI is InChI=1S/C2H5Cl2O2P/c3-1-7(5,6)2-4/h1-2H2,(H,5,6)/i/hD. The number of hydrogen-bond donors (Lipinski definition) is 1. The van der Waals surface area contributed by atoms with Crippen molar-refractivity contribution in [3.05, 3.63) is 0 Å². The SMILES string of the molecule is [2H]OP(=O)(CCl)CCl. The minimum atomic E-state index is -2.96. The van der Waals surface area contributed by atoms with E-state index in [2.05, 4.69) is 4.90 Å². The maximum atomic E-state index is 10.6. The van der Waals surface area contributed by atoms with E-state index in [1.165, 1.54) is 0 Å². The fourth-order valence-corrected chi connectivity index (χ4v) is 0.862. The number of rotatable bonds is 3. The Hall–Kier alpha value is 0.770. The second kappa shape index (κ2) is 2.93. The summed E-state index contributed by atoms with van der Waals surface area (Å²) in [4.78, 5) is 3.78. The Bertz CT molecular complexity index is 89.2.